The molecule has 1 N–H and O–H groups in total. The van der Waals surface area contributed by atoms with Crippen LogP contribution in [0.1, 0.15) is 21.5 Å². The third-order valence-electron chi connectivity index (χ3n) is 5.32. The molecule has 0 spiro atoms. The summed E-state index contributed by atoms with van der Waals surface area (Å²) in [6.45, 7) is 0. The number of anilines is 2. The summed E-state index contributed by atoms with van der Waals surface area (Å²) >= 11 is 0. The molecule has 0 fully saturated rings. The lowest BCUT2D eigenvalue weighted by Gasteiger charge is -2.19. The number of pyridine rings is 1. The lowest BCUT2D eigenvalue weighted by molar-refractivity contribution is -0.137. The molecule has 1 heterocycles. The Morgan fingerprint density at radius 1 is 0.943 bits per heavy atom. The number of amides is 2. The van der Waals surface area contributed by atoms with Gasteiger partial charge < -0.3 is 10.2 Å². The topological polar surface area (TPSA) is 62.3 Å². The zero-order chi connectivity index (χ0) is 25.0. The van der Waals surface area contributed by atoms with Gasteiger partial charge in [0.25, 0.3) is 5.91 Å². The van der Waals surface area contributed by atoms with E-state index in [1.165, 1.54) is 25.3 Å². The minimum Gasteiger partial charge on any atom is -0.321 e. The molecule has 0 radical (unpaired) electrons. The van der Waals surface area contributed by atoms with Gasteiger partial charge in [0, 0.05) is 36.0 Å². The van der Waals surface area contributed by atoms with Crippen LogP contribution in [0.3, 0.4) is 0 Å². The summed E-state index contributed by atoms with van der Waals surface area (Å²) in [5, 5.41) is 3.69. The van der Waals surface area contributed by atoms with Gasteiger partial charge in [-0.1, -0.05) is 36.4 Å². The van der Waals surface area contributed by atoms with Gasteiger partial charge in [-0.25, -0.2) is 0 Å². The molecule has 0 aliphatic carbocycles. The monoisotopic (exact) mass is 475 g/mol. The highest BCUT2D eigenvalue weighted by Crippen LogP contribution is 2.31. The first-order chi connectivity index (χ1) is 16.7. The van der Waals surface area contributed by atoms with Gasteiger partial charge in [-0.15, -0.1) is 0 Å². The fourth-order valence-electron chi connectivity index (χ4n) is 3.53. The van der Waals surface area contributed by atoms with Crippen LogP contribution < -0.4 is 10.2 Å². The van der Waals surface area contributed by atoms with Crippen LogP contribution in [0.2, 0.25) is 0 Å². The molecule has 0 saturated carbocycles. The summed E-state index contributed by atoms with van der Waals surface area (Å²) in [6.07, 6.45) is 0.0246. The van der Waals surface area contributed by atoms with Crippen LogP contribution >= 0.6 is 0 Å². The van der Waals surface area contributed by atoms with Crippen molar-refractivity contribution in [2.45, 2.75) is 6.18 Å². The van der Waals surface area contributed by atoms with E-state index >= 15 is 0 Å². The predicted molar refractivity (Wildman–Crippen MR) is 130 cm³/mol. The second kappa shape index (κ2) is 9.80. The van der Waals surface area contributed by atoms with Gasteiger partial charge in [-0.05, 0) is 54.1 Å². The Hall–Kier alpha value is -4.46. The van der Waals surface area contributed by atoms with E-state index in [2.05, 4.69) is 10.3 Å². The molecule has 0 atom stereocenters. The molecular formula is C27H20F3N3O2. The first-order valence-corrected chi connectivity index (χ1v) is 10.6. The van der Waals surface area contributed by atoms with E-state index in [-0.39, 0.29) is 17.2 Å². The first-order valence-electron chi connectivity index (χ1n) is 10.6. The lowest BCUT2D eigenvalue weighted by Crippen LogP contribution is -2.26. The molecule has 2 amide bonds. The molecule has 35 heavy (non-hydrogen) atoms. The van der Waals surface area contributed by atoms with Crippen molar-refractivity contribution in [3.05, 3.63) is 108 Å². The Morgan fingerprint density at radius 2 is 1.69 bits per heavy atom. The van der Waals surface area contributed by atoms with Gasteiger partial charge in [0.15, 0.2) is 0 Å². The van der Waals surface area contributed by atoms with Gasteiger partial charge in [0.05, 0.1) is 16.8 Å². The Bertz CT molecular complexity index is 1430. The van der Waals surface area contributed by atoms with Crippen LogP contribution in [0.5, 0.6) is 0 Å². The number of nitrogens with one attached hydrogen (secondary N) is 1. The zero-order valence-corrected chi connectivity index (χ0v) is 18.6. The molecule has 5 nitrogen and oxygen atoms in total. The minimum absolute atomic E-state index is 0.119. The summed E-state index contributed by atoms with van der Waals surface area (Å²) in [6, 6.07) is 20.2. The van der Waals surface area contributed by atoms with Crippen LogP contribution in [0.15, 0.2) is 91.1 Å². The number of alkyl halides is 3. The fourth-order valence-corrected chi connectivity index (χ4v) is 3.53. The summed E-state index contributed by atoms with van der Waals surface area (Å²) in [5.74, 6) is -0.855. The summed E-state index contributed by atoms with van der Waals surface area (Å²) < 4.78 is 39.1. The number of halogens is 3. The standard InChI is InChI=1S/C27H20F3N3O2/c1-33(22-11-4-10-21(17-22)27(28,29)30)26(35)20-8-2-6-18(16-20)13-14-24(34)32-23-12-3-7-19-9-5-15-31-25(19)23/h2-17H,1H3,(H,32,34)/b14-13+. The number of hydrogen-bond acceptors (Lipinski definition) is 3. The molecule has 4 aromatic rings. The van der Waals surface area contributed by atoms with Crippen LogP contribution in [0.25, 0.3) is 17.0 Å². The molecular weight excluding hydrogens is 455 g/mol. The molecule has 0 unspecified atom stereocenters. The number of aromatic nitrogens is 1. The van der Waals surface area contributed by atoms with Crippen molar-refractivity contribution >= 4 is 40.2 Å². The number of carbonyl (C=O) groups is 2. The van der Waals surface area contributed by atoms with E-state index in [0.29, 0.717) is 16.8 Å². The number of rotatable bonds is 5. The van der Waals surface area contributed by atoms with Gasteiger partial charge in [0.2, 0.25) is 5.91 Å². The second-order valence-electron chi connectivity index (χ2n) is 7.74. The number of nitrogens with zero attached hydrogens (tertiary/aromatic N) is 2. The molecule has 4 rings (SSSR count). The smallest absolute Gasteiger partial charge is 0.321 e. The maximum atomic E-state index is 13.0. The zero-order valence-electron chi connectivity index (χ0n) is 18.6. The molecule has 0 saturated heterocycles. The van der Waals surface area contributed by atoms with Crippen LogP contribution in [0.4, 0.5) is 24.5 Å². The SMILES string of the molecule is CN(C(=O)c1cccc(/C=C/C(=O)Nc2cccc3cccnc23)c1)c1cccc(C(F)(F)F)c1. The predicted octanol–water partition coefficient (Wildman–Crippen LogP) is 6.18. The number of hydrogen-bond donors (Lipinski definition) is 1. The normalized spacial score (nSPS) is 11.5. The van der Waals surface area contributed by atoms with Crippen molar-refractivity contribution in [1.82, 2.24) is 4.98 Å². The summed E-state index contributed by atoms with van der Waals surface area (Å²) in [7, 11) is 1.41. The minimum atomic E-state index is -4.51. The van der Waals surface area contributed by atoms with E-state index in [4.69, 9.17) is 0 Å². The van der Waals surface area contributed by atoms with Crippen molar-refractivity contribution in [3.63, 3.8) is 0 Å². The lowest BCUT2D eigenvalue weighted by atomic mass is 10.1. The van der Waals surface area contributed by atoms with Crippen LogP contribution in [-0.2, 0) is 11.0 Å². The maximum absolute atomic E-state index is 13.0. The van der Waals surface area contributed by atoms with Crippen LogP contribution in [0, 0.1) is 0 Å². The molecule has 3 aromatic carbocycles. The van der Waals surface area contributed by atoms with Crippen molar-refractivity contribution in [2.24, 2.45) is 0 Å². The van der Waals surface area contributed by atoms with Gasteiger partial charge in [-0.3, -0.25) is 14.6 Å². The summed E-state index contributed by atoms with van der Waals surface area (Å²) in [4.78, 5) is 30.8. The first kappa shape index (κ1) is 23.7. The van der Waals surface area contributed by atoms with E-state index in [9.17, 15) is 22.8 Å². The Labute approximate surface area is 199 Å². The molecule has 0 aliphatic rings. The average Bonchev–Trinajstić information content (AvgIpc) is 2.86. The number of para-hydroxylation sites is 1. The van der Waals surface area contributed by atoms with E-state index in [1.807, 2.05) is 24.3 Å². The average molecular weight is 475 g/mol. The Kier molecular flexibility index (Phi) is 6.64. The number of carbonyl (C=O) groups excluding carboxylic acids is 2. The molecule has 8 heteroatoms. The third kappa shape index (κ3) is 5.55. The molecule has 176 valence electrons. The van der Waals surface area contributed by atoms with Crippen molar-refractivity contribution < 1.29 is 22.8 Å². The highest BCUT2D eigenvalue weighted by Gasteiger charge is 2.31. The highest BCUT2D eigenvalue weighted by atomic mass is 19.4. The van der Waals surface area contributed by atoms with Gasteiger partial charge >= 0.3 is 6.18 Å². The number of fused-ring (bicyclic) bond motifs is 1. The van der Waals surface area contributed by atoms with E-state index in [0.717, 1.165) is 22.4 Å². The second-order valence-corrected chi connectivity index (χ2v) is 7.74. The largest absolute Gasteiger partial charge is 0.416 e. The quantitative estimate of drug-likeness (QED) is 0.351. The van der Waals surface area contributed by atoms with E-state index < -0.39 is 17.6 Å². The molecule has 1 aromatic heterocycles. The third-order valence-corrected chi connectivity index (χ3v) is 5.32. The van der Waals surface area contributed by atoms with Crippen molar-refractivity contribution in [1.29, 1.82) is 0 Å². The van der Waals surface area contributed by atoms with E-state index in [1.54, 1.807) is 42.6 Å². The maximum Gasteiger partial charge on any atom is 0.416 e. The molecule has 0 aliphatic heterocycles. The Balaban J connectivity index is 1.48. The highest BCUT2D eigenvalue weighted by molar-refractivity contribution is 6.07. The van der Waals surface area contributed by atoms with Crippen LogP contribution in [-0.4, -0.2) is 23.8 Å². The van der Waals surface area contributed by atoms with Crippen molar-refractivity contribution in [3.8, 4) is 0 Å². The summed E-state index contributed by atoms with van der Waals surface area (Å²) in [5.41, 5.74) is 1.38. The van der Waals surface area contributed by atoms with Gasteiger partial charge in [-0.2, -0.15) is 13.2 Å². The fraction of sp³-hybridized carbons (Fsp3) is 0.0741. The van der Waals surface area contributed by atoms with Crippen molar-refractivity contribution in [2.75, 3.05) is 17.3 Å². The number of benzene rings is 3. The van der Waals surface area contributed by atoms with Gasteiger partial charge in [0.1, 0.15) is 0 Å². The Morgan fingerprint density at radius 3 is 2.49 bits per heavy atom. The molecule has 0 bridgehead atoms.